The quantitative estimate of drug-likeness (QED) is 0.0243. The fraction of sp³-hybridized carbons (Fsp3) is 0.797. The number of amides is 1. The Hall–Kier alpha value is -2.32. The fourth-order valence-corrected chi connectivity index (χ4v) is 11.1. The zero-order valence-corrected chi connectivity index (χ0v) is 56.3. The molecule has 0 aliphatic carbocycles. The number of rotatable bonds is 65. The molecule has 1 amide bonds. The fourth-order valence-electron chi connectivity index (χ4n) is 10.4. The minimum Gasteiger partial charge on any atom is -0.387 e. The monoisotopic (exact) mass is 1180 g/mol. The number of aliphatic hydroxyl groups is 1. The van der Waals surface area contributed by atoms with Crippen LogP contribution in [-0.2, 0) is 18.4 Å². The van der Waals surface area contributed by atoms with E-state index in [1.54, 1.807) is 6.08 Å². The third-order valence-corrected chi connectivity index (χ3v) is 16.8. The summed E-state index contributed by atoms with van der Waals surface area (Å²) in [4.78, 5) is 23.4. The average Bonchev–Trinajstić information content (AvgIpc) is 3.49. The summed E-state index contributed by atoms with van der Waals surface area (Å²) in [6, 6.07) is -0.874. The molecule has 3 N–H and O–H groups in total. The summed E-state index contributed by atoms with van der Waals surface area (Å²) in [6.07, 6.45) is 91.7. The van der Waals surface area contributed by atoms with E-state index in [1.807, 2.05) is 27.2 Å². The van der Waals surface area contributed by atoms with Crippen LogP contribution in [0.25, 0.3) is 0 Å². The third-order valence-electron chi connectivity index (χ3n) is 15.8. The minimum absolute atomic E-state index is 0.0523. The van der Waals surface area contributed by atoms with E-state index in [4.69, 9.17) is 9.05 Å². The molecule has 0 aromatic heterocycles. The molecule has 3 unspecified atom stereocenters. The van der Waals surface area contributed by atoms with E-state index in [9.17, 15) is 19.4 Å². The number of quaternary nitrogens is 1. The molecule has 0 fully saturated rings. The van der Waals surface area contributed by atoms with Gasteiger partial charge in [0.1, 0.15) is 13.2 Å². The SMILES string of the molecule is CC/C=C\C/C=C\C/C=C\C/C=C\CCCCCCCCCCCCCCCCCCCCCCC(=O)NC(COP(=O)(O)OCC[N+](C)(C)C)C(O)/C=C/CC/C=C/CC/C=C/CCCCCCCCCCCCCCCCCCCC. The smallest absolute Gasteiger partial charge is 0.387 e. The predicted octanol–water partition coefficient (Wildman–Crippen LogP) is 22.7. The summed E-state index contributed by atoms with van der Waals surface area (Å²) in [5.41, 5.74) is 0. The molecule has 0 aromatic carbocycles. The van der Waals surface area contributed by atoms with Gasteiger partial charge < -0.3 is 19.8 Å². The van der Waals surface area contributed by atoms with Gasteiger partial charge in [0, 0.05) is 6.42 Å². The Kier molecular flexibility index (Phi) is 62.4. The Morgan fingerprint density at radius 2 is 0.735 bits per heavy atom. The van der Waals surface area contributed by atoms with Crippen molar-refractivity contribution < 1.29 is 32.9 Å². The number of likely N-dealkylation sites (N-methyl/N-ethyl adjacent to an activating group) is 1. The Morgan fingerprint density at radius 1 is 0.422 bits per heavy atom. The third kappa shape index (κ3) is 67.1. The molecule has 0 saturated heterocycles. The number of phosphoric ester groups is 1. The highest BCUT2D eigenvalue weighted by atomic mass is 31.2. The maximum Gasteiger partial charge on any atom is 0.472 e. The second kappa shape index (κ2) is 64.2. The van der Waals surface area contributed by atoms with Crippen LogP contribution in [0.15, 0.2) is 85.1 Å². The number of unbranched alkanes of at least 4 members (excludes halogenated alkanes) is 40. The summed E-state index contributed by atoms with van der Waals surface area (Å²) < 4.78 is 23.8. The first-order valence-electron chi connectivity index (χ1n) is 35.5. The lowest BCUT2D eigenvalue weighted by Gasteiger charge is -2.25. The Morgan fingerprint density at radius 3 is 1.11 bits per heavy atom. The molecule has 3 atom stereocenters. The van der Waals surface area contributed by atoms with Crippen molar-refractivity contribution in [2.45, 2.75) is 341 Å². The summed E-state index contributed by atoms with van der Waals surface area (Å²) in [5.74, 6) is -0.187. The van der Waals surface area contributed by atoms with Gasteiger partial charge in [-0.1, -0.05) is 324 Å². The molecule has 0 aliphatic rings. The maximum atomic E-state index is 13.1. The van der Waals surface area contributed by atoms with Crippen molar-refractivity contribution >= 4 is 13.7 Å². The normalized spacial score (nSPS) is 14.2. The summed E-state index contributed by atoms with van der Waals surface area (Å²) in [7, 11) is 1.55. The lowest BCUT2D eigenvalue weighted by Crippen LogP contribution is -2.45. The first kappa shape index (κ1) is 80.7. The number of aliphatic hydroxyl groups excluding tert-OH is 1. The molecular weight excluding hydrogens is 1040 g/mol. The highest BCUT2D eigenvalue weighted by Gasteiger charge is 2.28. The van der Waals surface area contributed by atoms with Gasteiger partial charge in [0.2, 0.25) is 5.91 Å². The molecule has 0 heterocycles. The highest BCUT2D eigenvalue weighted by molar-refractivity contribution is 7.47. The molecule has 0 radical (unpaired) electrons. The second-order valence-electron chi connectivity index (χ2n) is 25.2. The van der Waals surface area contributed by atoms with E-state index in [-0.39, 0.29) is 19.1 Å². The molecule has 0 spiro atoms. The first-order valence-corrected chi connectivity index (χ1v) is 37.0. The van der Waals surface area contributed by atoms with Crippen LogP contribution in [0, 0.1) is 0 Å². The summed E-state index contributed by atoms with van der Waals surface area (Å²) in [6.45, 7) is 4.71. The van der Waals surface area contributed by atoms with E-state index >= 15 is 0 Å². The van der Waals surface area contributed by atoms with Crippen molar-refractivity contribution in [3.05, 3.63) is 85.1 Å². The van der Waals surface area contributed by atoms with Crippen molar-refractivity contribution in [3.8, 4) is 0 Å². The number of hydrogen-bond donors (Lipinski definition) is 3. The van der Waals surface area contributed by atoms with E-state index < -0.39 is 20.0 Å². The van der Waals surface area contributed by atoms with Gasteiger partial charge in [-0.15, -0.1) is 0 Å². The molecule has 0 bridgehead atoms. The molecular formula is C74H138N2O6P+. The predicted molar refractivity (Wildman–Crippen MR) is 364 cm³/mol. The van der Waals surface area contributed by atoms with Crippen LogP contribution in [0.3, 0.4) is 0 Å². The molecule has 8 nitrogen and oxygen atoms in total. The van der Waals surface area contributed by atoms with Crippen LogP contribution in [0.4, 0.5) is 0 Å². The van der Waals surface area contributed by atoms with Gasteiger partial charge in [-0.05, 0) is 83.5 Å². The van der Waals surface area contributed by atoms with Crippen LogP contribution >= 0.6 is 7.82 Å². The van der Waals surface area contributed by atoms with Crippen molar-refractivity contribution in [1.29, 1.82) is 0 Å². The number of allylic oxidation sites excluding steroid dienone is 13. The largest absolute Gasteiger partial charge is 0.472 e. The molecule has 484 valence electrons. The van der Waals surface area contributed by atoms with Crippen molar-refractivity contribution in [1.82, 2.24) is 5.32 Å². The number of nitrogens with one attached hydrogen (secondary N) is 1. The molecule has 0 aromatic rings. The van der Waals surface area contributed by atoms with E-state index in [1.165, 1.54) is 238 Å². The van der Waals surface area contributed by atoms with Gasteiger partial charge in [0.05, 0.1) is 39.9 Å². The number of phosphoric acid groups is 1. The number of hydrogen-bond acceptors (Lipinski definition) is 5. The molecule has 0 aliphatic heterocycles. The summed E-state index contributed by atoms with van der Waals surface area (Å²) in [5, 5.41) is 14.0. The number of carbonyl (C=O) groups excluding carboxylic acids is 1. The average molecular weight is 1180 g/mol. The lowest BCUT2D eigenvalue weighted by atomic mass is 10.0. The minimum atomic E-state index is -4.37. The van der Waals surface area contributed by atoms with Gasteiger partial charge >= 0.3 is 7.82 Å². The molecule has 9 heteroatoms. The Bertz CT molecular complexity index is 1630. The Balaban J connectivity index is 4.10. The molecule has 83 heavy (non-hydrogen) atoms. The zero-order valence-electron chi connectivity index (χ0n) is 55.4. The molecule has 0 saturated carbocycles. The zero-order chi connectivity index (χ0) is 60.5. The van der Waals surface area contributed by atoms with Crippen molar-refractivity contribution in [3.63, 3.8) is 0 Å². The number of carbonyl (C=O) groups is 1. The van der Waals surface area contributed by atoms with E-state index in [0.717, 1.165) is 70.6 Å². The summed E-state index contributed by atoms with van der Waals surface area (Å²) >= 11 is 0. The molecule has 0 rings (SSSR count). The van der Waals surface area contributed by atoms with Crippen molar-refractivity contribution in [2.24, 2.45) is 0 Å². The number of nitrogens with zero attached hydrogens (tertiary/aromatic N) is 1. The standard InChI is InChI=1S/C74H137N2O6P/c1-6-8-10-12-14-16-18-20-22-24-26-28-30-32-34-36-37-38-39-40-42-44-46-48-50-52-54-56-58-60-62-64-66-68-74(78)75-72(71-82-83(79,80)81-70-69-76(3,4)5)73(77)67-65-63-61-59-57-55-53-51-49-47-45-43-41-35-33-31-29-27-25-23-21-19-17-15-13-11-9-7-2/h8,10,14,16,20,22,26,28,49,51,57,59,65,67,72-73,77H,6-7,9,11-13,15,17-19,21,23-25,27,29-48,50,52-56,58,60-64,66,68-71H2,1-5H3,(H-,75,78,79,80)/p+1/b10-8-,16-14-,22-20-,28-26-,51-49+,59-57+,67-65+. The lowest BCUT2D eigenvalue weighted by molar-refractivity contribution is -0.870. The van der Waals surface area contributed by atoms with Crippen LogP contribution < -0.4 is 5.32 Å². The Labute approximate surface area is 516 Å². The van der Waals surface area contributed by atoms with Crippen LogP contribution in [0.5, 0.6) is 0 Å². The van der Waals surface area contributed by atoms with Crippen molar-refractivity contribution in [2.75, 3.05) is 40.9 Å². The van der Waals surface area contributed by atoms with Crippen LogP contribution in [0.1, 0.15) is 328 Å². The highest BCUT2D eigenvalue weighted by Crippen LogP contribution is 2.43. The van der Waals surface area contributed by atoms with Gasteiger partial charge in [-0.2, -0.15) is 0 Å². The van der Waals surface area contributed by atoms with Crippen LogP contribution in [0.2, 0.25) is 0 Å². The van der Waals surface area contributed by atoms with Gasteiger partial charge in [0.15, 0.2) is 0 Å². The first-order chi connectivity index (χ1) is 40.5. The van der Waals surface area contributed by atoms with Gasteiger partial charge in [-0.3, -0.25) is 13.8 Å². The second-order valence-corrected chi connectivity index (χ2v) is 26.7. The van der Waals surface area contributed by atoms with Gasteiger partial charge in [-0.25, -0.2) is 4.57 Å². The van der Waals surface area contributed by atoms with E-state index in [2.05, 4.69) is 92.1 Å². The topological polar surface area (TPSA) is 105 Å². The van der Waals surface area contributed by atoms with Gasteiger partial charge in [0.25, 0.3) is 0 Å². The maximum absolute atomic E-state index is 13.1. The van der Waals surface area contributed by atoms with Crippen LogP contribution in [-0.4, -0.2) is 73.4 Å². The van der Waals surface area contributed by atoms with E-state index in [0.29, 0.717) is 17.4 Å².